The number of hydrogen-bond donors (Lipinski definition) is 2. The number of rotatable bonds is 7. The first-order chi connectivity index (χ1) is 15.1. The highest BCUT2D eigenvalue weighted by molar-refractivity contribution is 5.99. The van der Waals surface area contributed by atoms with Crippen molar-refractivity contribution in [1.82, 2.24) is 20.2 Å². The van der Waals surface area contributed by atoms with E-state index in [0.29, 0.717) is 31.6 Å². The third kappa shape index (κ3) is 6.09. The zero-order valence-corrected chi connectivity index (χ0v) is 19.5. The monoisotopic (exact) mass is 436 g/mol. The van der Waals surface area contributed by atoms with Crippen LogP contribution >= 0.6 is 0 Å². The molecule has 0 saturated heterocycles. The van der Waals surface area contributed by atoms with Crippen LogP contribution in [0.5, 0.6) is 0 Å². The molecule has 1 aromatic carbocycles. The van der Waals surface area contributed by atoms with Gasteiger partial charge < -0.3 is 19.9 Å². The molecule has 0 aliphatic carbocycles. The summed E-state index contributed by atoms with van der Waals surface area (Å²) in [5.74, 6) is -0.124. The number of aromatic nitrogens is 2. The van der Waals surface area contributed by atoms with E-state index in [-0.39, 0.29) is 12.0 Å². The molecule has 0 spiro atoms. The molecule has 0 saturated carbocycles. The molecule has 7 heteroatoms. The van der Waals surface area contributed by atoms with Gasteiger partial charge in [0.25, 0.3) is 5.91 Å². The molecule has 2 heterocycles. The second-order valence-corrected chi connectivity index (χ2v) is 9.01. The molecule has 0 radical (unpaired) electrons. The molecule has 32 heavy (non-hydrogen) atoms. The molecular formula is C25H32N4O3. The first-order valence-electron chi connectivity index (χ1n) is 10.9. The Kier molecular flexibility index (Phi) is 7.18. The van der Waals surface area contributed by atoms with Crippen molar-refractivity contribution in [2.45, 2.75) is 53.2 Å². The fraction of sp³-hybridized carbons (Fsp3) is 0.400. The van der Waals surface area contributed by atoms with Gasteiger partial charge in [-0.1, -0.05) is 6.07 Å². The van der Waals surface area contributed by atoms with Gasteiger partial charge in [0.15, 0.2) is 0 Å². The number of nitrogens with one attached hydrogen (secondary N) is 2. The predicted octanol–water partition coefficient (Wildman–Crippen LogP) is 4.74. The van der Waals surface area contributed by atoms with E-state index in [1.54, 1.807) is 17.3 Å². The maximum absolute atomic E-state index is 12.7. The minimum absolute atomic E-state index is 0.124. The number of amides is 2. The van der Waals surface area contributed by atoms with E-state index in [0.717, 1.165) is 27.7 Å². The van der Waals surface area contributed by atoms with Gasteiger partial charge in [-0.2, -0.15) is 0 Å². The van der Waals surface area contributed by atoms with Gasteiger partial charge in [-0.3, -0.25) is 9.78 Å². The highest BCUT2D eigenvalue weighted by Gasteiger charge is 2.22. The van der Waals surface area contributed by atoms with Crippen LogP contribution < -0.4 is 5.32 Å². The average molecular weight is 437 g/mol. The standard InChI is InChI=1S/C25H32N4O3/c1-17-18(2)28-22-10-9-20(14-21(17)22)23(30)27-12-7-13-29(24(31)32-25(3,4)5)16-19-8-6-11-26-15-19/h6,8-11,14-15,28H,7,12-13,16H2,1-5H3,(H,27,30). The Balaban J connectivity index is 1.58. The molecule has 0 fully saturated rings. The quantitative estimate of drug-likeness (QED) is 0.524. The van der Waals surface area contributed by atoms with Gasteiger partial charge in [0.05, 0.1) is 6.54 Å². The van der Waals surface area contributed by atoms with Crippen LogP contribution in [0.25, 0.3) is 10.9 Å². The zero-order valence-electron chi connectivity index (χ0n) is 19.5. The van der Waals surface area contributed by atoms with Gasteiger partial charge in [-0.15, -0.1) is 0 Å². The molecule has 0 aliphatic heterocycles. The number of fused-ring (bicyclic) bond motifs is 1. The van der Waals surface area contributed by atoms with E-state index in [9.17, 15) is 9.59 Å². The van der Waals surface area contributed by atoms with Crippen LogP contribution in [0.1, 0.15) is 54.4 Å². The van der Waals surface area contributed by atoms with Crippen molar-refractivity contribution in [2.75, 3.05) is 13.1 Å². The van der Waals surface area contributed by atoms with Gasteiger partial charge in [-0.25, -0.2) is 4.79 Å². The van der Waals surface area contributed by atoms with Crippen molar-refractivity contribution in [1.29, 1.82) is 0 Å². The molecule has 3 rings (SSSR count). The van der Waals surface area contributed by atoms with Crippen LogP contribution in [0, 0.1) is 13.8 Å². The third-order valence-electron chi connectivity index (χ3n) is 5.21. The number of carbonyl (C=O) groups is 2. The summed E-state index contributed by atoms with van der Waals surface area (Å²) in [6, 6.07) is 9.43. The highest BCUT2D eigenvalue weighted by atomic mass is 16.6. The normalized spacial score (nSPS) is 11.4. The Morgan fingerprint density at radius 2 is 1.97 bits per heavy atom. The second kappa shape index (κ2) is 9.85. The Bertz CT molecular complexity index is 1080. The van der Waals surface area contributed by atoms with Gasteiger partial charge >= 0.3 is 6.09 Å². The van der Waals surface area contributed by atoms with Crippen molar-refractivity contribution in [3.63, 3.8) is 0 Å². The number of pyridine rings is 1. The number of hydrogen-bond acceptors (Lipinski definition) is 4. The lowest BCUT2D eigenvalue weighted by atomic mass is 10.1. The Hall–Kier alpha value is -3.35. The van der Waals surface area contributed by atoms with Crippen LogP contribution in [0.15, 0.2) is 42.7 Å². The van der Waals surface area contributed by atoms with Crippen molar-refractivity contribution in [3.05, 3.63) is 65.1 Å². The maximum atomic E-state index is 12.7. The first kappa shape index (κ1) is 23.3. The number of aromatic amines is 1. The fourth-order valence-electron chi connectivity index (χ4n) is 3.45. The van der Waals surface area contributed by atoms with Crippen LogP contribution in [-0.4, -0.2) is 45.6 Å². The number of ether oxygens (including phenoxy) is 1. The fourth-order valence-corrected chi connectivity index (χ4v) is 3.45. The van der Waals surface area contributed by atoms with E-state index < -0.39 is 5.60 Å². The topological polar surface area (TPSA) is 87.3 Å². The first-order valence-corrected chi connectivity index (χ1v) is 10.9. The zero-order chi connectivity index (χ0) is 23.3. The average Bonchev–Trinajstić information content (AvgIpc) is 3.02. The van der Waals surface area contributed by atoms with Gasteiger partial charge in [-0.05, 0) is 76.4 Å². The van der Waals surface area contributed by atoms with Crippen molar-refractivity contribution < 1.29 is 14.3 Å². The van der Waals surface area contributed by atoms with E-state index in [4.69, 9.17) is 4.74 Å². The number of benzene rings is 1. The number of H-pyrrole nitrogens is 1. The largest absolute Gasteiger partial charge is 0.444 e. The molecule has 0 bridgehead atoms. The van der Waals surface area contributed by atoms with Gasteiger partial charge in [0.1, 0.15) is 5.60 Å². The van der Waals surface area contributed by atoms with Crippen molar-refractivity contribution in [3.8, 4) is 0 Å². The molecular weight excluding hydrogens is 404 g/mol. The van der Waals surface area contributed by atoms with E-state index in [1.807, 2.05) is 65.0 Å². The lowest BCUT2D eigenvalue weighted by Gasteiger charge is -2.27. The Morgan fingerprint density at radius 1 is 1.19 bits per heavy atom. The maximum Gasteiger partial charge on any atom is 0.410 e. The molecule has 3 aromatic rings. The van der Waals surface area contributed by atoms with Crippen LogP contribution in [0.3, 0.4) is 0 Å². The molecule has 170 valence electrons. The number of carbonyl (C=O) groups excluding carboxylic acids is 2. The summed E-state index contributed by atoms with van der Waals surface area (Å²) in [6.07, 6.45) is 3.66. The summed E-state index contributed by atoms with van der Waals surface area (Å²) >= 11 is 0. The molecule has 0 aliphatic rings. The minimum atomic E-state index is -0.578. The van der Waals surface area contributed by atoms with Crippen LogP contribution in [0.4, 0.5) is 4.79 Å². The summed E-state index contributed by atoms with van der Waals surface area (Å²) in [6.45, 7) is 10.9. The van der Waals surface area contributed by atoms with Crippen LogP contribution in [0.2, 0.25) is 0 Å². The lowest BCUT2D eigenvalue weighted by molar-refractivity contribution is 0.0232. The van der Waals surface area contributed by atoms with Crippen LogP contribution in [-0.2, 0) is 11.3 Å². The van der Waals surface area contributed by atoms with E-state index in [1.165, 1.54) is 0 Å². The molecule has 2 amide bonds. The Morgan fingerprint density at radius 3 is 2.66 bits per heavy atom. The van der Waals surface area contributed by atoms with E-state index in [2.05, 4.69) is 15.3 Å². The summed E-state index contributed by atoms with van der Waals surface area (Å²) in [4.78, 5) is 34.4. The highest BCUT2D eigenvalue weighted by Crippen LogP contribution is 2.22. The van der Waals surface area contributed by atoms with E-state index >= 15 is 0 Å². The molecule has 7 nitrogen and oxygen atoms in total. The summed E-state index contributed by atoms with van der Waals surface area (Å²) in [5, 5.41) is 4.01. The minimum Gasteiger partial charge on any atom is -0.444 e. The summed E-state index contributed by atoms with van der Waals surface area (Å²) in [5.41, 5.74) is 4.25. The van der Waals surface area contributed by atoms with Crippen molar-refractivity contribution >= 4 is 22.9 Å². The Labute approximate surface area is 189 Å². The lowest BCUT2D eigenvalue weighted by Crippen LogP contribution is -2.38. The molecule has 2 N–H and O–H groups in total. The smallest absolute Gasteiger partial charge is 0.410 e. The summed E-state index contributed by atoms with van der Waals surface area (Å²) in [7, 11) is 0. The SMILES string of the molecule is Cc1[nH]c2ccc(C(=O)NCCCN(Cc3cccnc3)C(=O)OC(C)(C)C)cc2c1C. The summed E-state index contributed by atoms with van der Waals surface area (Å²) < 4.78 is 5.55. The van der Waals surface area contributed by atoms with Crippen molar-refractivity contribution in [2.24, 2.45) is 0 Å². The molecule has 2 aromatic heterocycles. The van der Waals surface area contributed by atoms with Gasteiger partial charge in [0, 0.05) is 47.6 Å². The second-order valence-electron chi connectivity index (χ2n) is 9.01. The molecule has 0 unspecified atom stereocenters. The number of aryl methyl sites for hydroxylation is 2. The third-order valence-corrected chi connectivity index (χ3v) is 5.21. The molecule has 0 atom stereocenters. The number of nitrogens with zero attached hydrogens (tertiary/aromatic N) is 2. The van der Waals surface area contributed by atoms with Gasteiger partial charge in [0.2, 0.25) is 0 Å². The predicted molar refractivity (Wildman–Crippen MR) is 126 cm³/mol.